The van der Waals surface area contributed by atoms with Crippen molar-refractivity contribution in [1.29, 1.82) is 0 Å². The highest BCUT2D eigenvalue weighted by molar-refractivity contribution is 6.72. The van der Waals surface area contributed by atoms with Gasteiger partial charge in [0.05, 0.1) is 37.0 Å². The highest BCUT2D eigenvalue weighted by Crippen LogP contribution is 2.70. The van der Waals surface area contributed by atoms with Crippen molar-refractivity contribution in [1.82, 2.24) is 14.5 Å². The second-order valence-corrected chi connectivity index (χ2v) is 17.0. The molecule has 2 saturated heterocycles. The van der Waals surface area contributed by atoms with Crippen molar-refractivity contribution in [2.45, 2.75) is 50.9 Å². The van der Waals surface area contributed by atoms with E-state index in [2.05, 4.69) is 45.9 Å². The molecule has 1 saturated carbocycles. The van der Waals surface area contributed by atoms with Gasteiger partial charge in [0.25, 0.3) is 0 Å². The summed E-state index contributed by atoms with van der Waals surface area (Å²) in [6.45, 7) is 9.54. The van der Waals surface area contributed by atoms with Crippen LogP contribution >= 0.6 is 0 Å². The Kier molecular flexibility index (Phi) is 4.83. The predicted octanol–water partition coefficient (Wildman–Crippen LogP) is 5.28. The molecule has 4 aliphatic heterocycles. The Labute approximate surface area is 228 Å². The Balaban J connectivity index is 1.20. The number of halogens is 1. The molecular weight excluding hydrogens is 511 g/mol. The minimum absolute atomic E-state index is 0.0150. The summed E-state index contributed by atoms with van der Waals surface area (Å²) in [7, 11) is -1.88. The number of hydrogen-bond donors (Lipinski definition) is 0. The molecule has 0 bridgehead atoms. The number of hydrogen-bond acceptors (Lipinski definition) is 6. The van der Waals surface area contributed by atoms with Gasteiger partial charge < -0.3 is 23.5 Å². The zero-order chi connectivity index (χ0) is 26.6. The lowest BCUT2D eigenvalue weighted by Crippen LogP contribution is -2.62. The summed E-state index contributed by atoms with van der Waals surface area (Å²) >= 11 is 0. The van der Waals surface area contributed by atoms with Crippen LogP contribution in [0.4, 0.5) is 4.39 Å². The lowest BCUT2D eigenvalue weighted by molar-refractivity contribution is -0.148. The van der Waals surface area contributed by atoms with Gasteiger partial charge in [-0.3, -0.25) is 0 Å². The lowest BCUT2D eigenvalue weighted by Gasteiger charge is -2.55. The monoisotopic (exact) mass is 544 g/mol. The molecule has 8 rings (SSSR count). The average Bonchev–Trinajstić information content (AvgIpc) is 3.22. The zero-order valence-corrected chi connectivity index (χ0v) is 23.6. The summed E-state index contributed by atoms with van der Waals surface area (Å²) in [6, 6.07) is 12.4. The zero-order valence-electron chi connectivity index (χ0n) is 22.6. The topological polar surface area (TPSA) is 61.1 Å². The maximum Gasteiger partial charge on any atom is 0.249 e. The van der Waals surface area contributed by atoms with Crippen molar-refractivity contribution < 1.29 is 18.4 Å². The van der Waals surface area contributed by atoms with Crippen LogP contribution < -0.4 is 4.43 Å². The molecule has 3 aromatic rings. The van der Waals surface area contributed by atoms with Gasteiger partial charge in [-0.2, -0.15) is 0 Å². The Hall–Kier alpha value is -3.17. The van der Waals surface area contributed by atoms with Crippen LogP contribution in [0.2, 0.25) is 13.1 Å². The number of rotatable bonds is 3. The van der Waals surface area contributed by atoms with Crippen LogP contribution in [0.3, 0.4) is 0 Å². The third-order valence-corrected chi connectivity index (χ3v) is 11.4. The van der Waals surface area contributed by atoms with Gasteiger partial charge in [-0.1, -0.05) is 23.4 Å². The molecule has 1 aliphatic carbocycles. The van der Waals surface area contributed by atoms with Crippen molar-refractivity contribution in [3.8, 4) is 11.4 Å². The molecule has 3 unspecified atom stereocenters. The number of oxime groups is 1. The van der Waals surface area contributed by atoms with E-state index in [1.54, 1.807) is 12.1 Å². The number of benzene rings is 2. The van der Waals surface area contributed by atoms with Gasteiger partial charge in [0.2, 0.25) is 8.32 Å². The van der Waals surface area contributed by atoms with E-state index in [0.717, 1.165) is 67.2 Å². The number of nitrogens with zero attached hydrogens (tertiary/aromatic N) is 4. The lowest BCUT2D eigenvalue weighted by atomic mass is 9.69. The third kappa shape index (κ3) is 3.55. The normalized spacial score (nSPS) is 29.2. The minimum Gasteiger partial charge on any atom is -0.542 e. The molecule has 2 spiro atoms. The van der Waals surface area contributed by atoms with Crippen LogP contribution in [0.25, 0.3) is 5.69 Å². The molecule has 3 atom stereocenters. The van der Waals surface area contributed by atoms with E-state index < -0.39 is 8.32 Å². The van der Waals surface area contributed by atoms with Gasteiger partial charge >= 0.3 is 0 Å². The van der Waals surface area contributed by atoms with Crippen LogP contribution in [-0.2, 0) is 15.6 Å². The van der Waals surface area contributed by atoms with Crippen molar-refractivity contribution in [3.05, 3.63) is 77.1 Å². The van der Waals surface area contributed by atoms with Gasteiger partial charge in [-0.25, -0.2) is 9.37 Å². The second kappa shape index (κ2) is 7.94. The summed E-state index contributed by atoms with van der Waals surface area (Å²) in [4.78, 5) is 12.8. The maximum absolute atomic E-state index is 13.7. The number of ether oxygens (including phenoxy) is 1. The highest BCUT2D eigenvalue weighted by Gasteiger charge is 2.68. The van der Waals surface area contributed by atoms with Gasteiger partial charge in [0.15, 0.2) is 5.84 Å². The van der Waals surface area contributed by atoms with Crippen LogP contribution in [0.5, 0.6) is 5.75 Å². The van der Waals surface area contributed by atoms with E-state index in [-0.39, 0.29) is 22.7 Å². The van der Waals surface area contributed by atoms with Gasteiger partial charge in [0, 0.05) is 29.6 Å². The average molecular weight is 545 g/mol. The largest absolute Gasteiger partial charge is 0.542 e. The van der Waals surface area contributed by atoms with Gasteiger partial charge in [-0.15, -0.1) is 0 Å². The van der Waals surface area contributed by atoms with E-state index in [1.807, 2.05) is 25.4 Å². The van der Waals surface area contributed by atoms with E-state index in [0.29, 0.717) is 12.5 Å². The van der Waals surface area contributed by atoms with Crippen LogP contribution in [0.15, 0.2) is 54.1 Å². The number of imidazole rings is 1. The van der Waals surface area contributed by atoms with E-state index >= 15 is 0 Å². The smallest absolute Gasteiger partial charge is 0.249 e. The van der Waals surface area contributed by atoms with Crippen LogP contribution in [0.1, 0.15) is 47.2 Å². The van der Waals surface area contributed by atoms with Crippen LogP contribution in [0, 0.1) is 23.6 Å². The van der Waals surface area contributed by atoms with Gasteiger partial charge in [0.1, 0.15) is 18.2 Å². The molecule has 0 amide bonds. The van der Waals surface area contributed by atoms with Gasteiger partial charge in [-0.05, 0) is 73.7 Å². The molecule has 0 radical (unpaired) electrons. The number of amidine groups is 1. The standard InChI is InChI=1S/C30H33FN4O3Si/c1-19-11-34(18-32-19)25-9-8-22(23-13-39(2,3)38-27(23)25)24-10-30(24)14-29(16-36-17-29)15-35-26(12-37-33-28(30)35)20-4-6-21(31)7-5-20/h4-9,11,18,24,26H,10,12-17H2,1-3H3. The Morgan fingerprint density at radius 3 is 2.64 bits per heavy atom. The fraction of sp³-hybridized carbons (Fsp3) is 0.467. The predicted molar refractivity (Wildman–Crippen MR) is 147 cm³/mol. The third-order valence-electron chi connectivity index (χ3n) is 9.44. The molecule has 2 aromatic carbocycles. The fourth-order valence-corrected chi connectivity index (χ4v) is 9.70. The van der Waals surface area contributed by atoms with Crippen molar-refractivity contribution in [2.75, 3.05) is 26.4 Å². The molecule has 202 valence electrons. The van der Waals surface area contributed by atoms with E-state index in [9.17, 15) is 4.39 Å². The summed E-state index contributed by atoms with van der Waals surface area (Å²) in [5, 5.41) is 4.74. The number of piperidine rings is 1. The van der Waals surface area contributed by atoms with Crippen molar-refractivity contribution in [2.24, 2.45) is 16.0 Å². The highest BCUT2D eigenvalue weighted by atomic mass is 28.4. The molecule has 7 nitrogen and oxygen atoms in total. The first-order chi connectivity index (χ1) is 18.8. The molecular formula is C30H33FN4O3Si. The first-order valence-electron chi connectivity index (χ1n) is 13.9. The molecule has 3 fully saturated rings. The first-order valence-corrected chi connectivity index (χ1v) is 17.0. The van der Waals surface area contributed by atoms with E-state index in [4.69, 9.17) is 19.2 Å². The Morgan fingerprint density at radius 2 is 1.92 bits per heavy atom. The Morgan fingerprint density at radius 1 is 1.10 bits per heavy atom. The second-order valence-electron chi connectivity index (χ2n) is 12.9. The molecule has 5 aliphatic rings. The minimum atomic E-state index is -1.88. The summed E-state index contributed by atoms with van der Waals surface area (Å²) in [6.07, 6.45) is 6.04. The summed E-state index contributed by atoms with van der Waals surface area (Å²) < 4.78 is 28.4. The SMILES string of the molecule is Cc1cn(-c2ccc(C3CC34CC3(COC3)CN3C4=NOCC3c3ccc(F)cc3)c3c2O[Si](C)(C)C3)cn1. The number of fused-ring (bicyclic) bond motifs is 3. The summed E-state index contributed by atoms with van der Waals surface area (Å²) in [5.74, 6) is 2.22. The fourth-order valence-electron chi connectivity index (χ4n) is 7.63. The quantitative estimate of drug-likeness (QED) is 0.420. The van der Waals surface area contributed by atoms with Crippen molar-refractivity contribution in [3.63, 3.8) is 0 Å². The van der Waals surface area contributed by atoms with Crippen LogP contribution in [-0.4, -0.2) is 55.0 Å². The number of aromatic nitrogens is 2. The van der Waals surface area contributed by atoms with Crippen molar-refractivity contribution >= 4 is 14.2 Å². The molecule has 1 aromatic heterocycles. The number of aryl methyl sites for hydroxylation is 1. The maximum atomic E-state index is 13.7. The summed E-state index contributed by atoms with van der Waals surface area (Å²) in [5.41, 5.74) is 5.92. The molecule has 0 N–H and O–H groups in total. The Bertz CT molecular complexity index is 1510. The molecule has 9 heteroatoms. The molecule has 5 heterocycles. The first kappa shape index (κ1) is 23.7. The molecule has 39 heavy (non-hydrogen) atoms. The van der Waals surface area contributed by atoms with E-state index in [1.165, 1.54) is 11.1 Å².